The lowest BCUT2D eigenvalue weighted by molar-refractivity contribution is -0.137. The molecule has 1 atom stereocenters. The number of carbonyl (C=O) groups excluding carboxylic acids is 1. The molecule has 21 heavy (non-hydrogen) atoms. The van der Waals surface area contributed by atoms with E-state index in [-0.39, 0.29) is 11.5 Å². The molecule has 0 radical (unpaired) electrons. The fourth-order valence-corrected chi connectivity index (χ4v) is 3.30. The number of hydrogen-bond acceptors (Lipinski definition) is 3. The summed E-state index contributed by atoms with van der Waals surface area (Å²) < 4.78 is 38.5. The summed E-state index contributed by atoms with van der Waals surface area (Å²) in [5, 5.41) is 3.08. The van der Waals surface area contributed by atoms with Gasteiger partial charge in [0.15, 0.2) is 0 Å². The lowest BCUT2D eigenvalue weighted by Gasteiger charge is -2.31. The SMILES string of the molecule is CNc1ccc(C(F)(F)F)cc1C(=O)N1CCSC(C)C1. The molecule has 1 aromatic carbocycles. The first-order valence-electron chi connectivity index (χ1n) is 6.63. The van der Waals surface area contributed by atoms with E-state index < -0.39 is 11.7 Å². The maximum absolute atomic E-state index is 12.8. The zero-order chi connectivity index (χ0) is 15.6. The molecule has 0 spiro atoms. The molecular formula is C14H17F3N2OS. The summed E-state index contributed by atoms with van der Waals surface area (Å²) in [7, 11) is 1.59. The zero-order valence-corrected chi connectivity index (χ0v) is 12.6. The fraction of sp³-hybridized carbons (Fsp3) is 0.500. The van der Waals surface area contributed by atoms with Crippen molar-refractivity contribution in [3.8, 4) is 0 Å². The van der Waals surface area contributed by atoms with E-state index in [1.807, 2.05) is 6.92 Å². The summed E-state index contributed by atoms with van der Waals surface area (Å²) >= 11 is 1.76. The third-order valence-corrected chi connectivity index (χ3v) is 4.51. The molecule has 7 heteroatoms. The molecule has 0 saturated carbocycles. The van der Waals surface area contributed by atoms with Crippen LogP contribution in [-0.4, -0.2) is 41.9 Å². The highest BCUT2D eigenvalue weighted by Gasteiger charge is 2.32. The van der Waals surface area contributed by atoms with Crippen molar-refractivity contribution in [2.45, 2.75) is 18.3 Å². The molecule has 1 aromatic rings. The molecule has 1 unspecified atom stereocenters. The Morgan fingerprint density at radius 1 is 1.43 bits per heavy atom. The van der Waals surface area contributed by atoms with E-state index in [1.165, 1.54) is 6.07 Å². The largest absolute Gasteiger partial charge is 0.416 e. The van der Waals surface area contributed by atoms with Gasteiger partial charge in [0, 0.05) is 36.8 Å². The Bertz CT molecular complexity index is 533. The average molecular weight is 318 g/mol. The number of thioether (sulfide) groups is 1. The summed E-state index contributed by atoms with van der Waals surface area (Å²) in [5.74, 6) is 0.457. The molecule has 3 nitrogen and oxygen atoms in total. The Balaban J connectivity index is 2.34. The second kappa shape index (κ2) is 6.17. The van der Waals surface area contributed by atoms with Crippen molar-refractivity contribution in [1.29, 1.82) is 0 Å². The molecule has 1 N–H and O–H groups in total. The molecule has 1 fully saturated rings. The number of alkyl halides is 3. The van der Waals surface area contributed by atoms with Crippen molar-refractivity contribution in [2.24, 2.45) is 0 Å². The smallest absolute Gasteiger partial charge is 0.387 e. The van der Waals surface area contributed by atoms with Gasteiger partial charge >= 0.3 is 6.18 Å². The minimum Gasteiger partial charge on any atom is -0.387 e. The summed E-state index contributed by atoms with van der Waals surface area (Å²) in [4.78, 5) is 14.1. The fourth-order valence-electron chi connectivity index (χ4n) is 2.29. The molecule has 1 aliphatic rings. The van der Waals surface area contributed by atoms with E-state index >= 15 is 0 Å². The van der Waals surface area contributed by atoms with Crippen LogP contribution in [0.4, 0.5) is 18.9 Å². The maximum atomic E-state index is 12.8. The standard InChI is InChI=1S/C14H17F3N2OS/c1-9-8-19(5-6-21-9)13(20)11-7-10(14(15,16)17)3-4-12(11)18-2/h3-4,7,9,18H,5-6,8H2,1-2H3. The van der Waals surface area contributed by atoms with Crippen LogP contribution < -0.4 is 5.32 Å². The second-order valence-corrected chi connectivity index (χ2v) is 6.49. The highest BCUT2D eigenvalue weighted by molar-refractivity contribution is 7.99. The first kappa shape index (κ1) is 16.0. The lowest BCUT2D eigenvalue weighted by atomic mass is 10.1. The number of nitrogens with zero attached hydrogens (tertiary/aromatic N) is 1. The first-order chi connectivity index (χ1) is 9.82. The van der Waals surface area contributed by atoms with Crippen LogP contribution in [0.15, 0.2) is 18.2 Å². The second-order valence-electron chi connectivity index (χ2n) is 4.94. The molecule has 1 saturated heterocycles. The van der Waals surface area contributed by atoms with Gasteiger partial charge in [0.25, 0.3) is 5.91 Å². The lowest BCUT2D eigenvalue weighted by Crippen LogP contribution is -2.41. The molecule has 1 heterocycles. The van der Waals surface area contributed by atoms with Crippen LogP contribution in [-0.2, 0) is 6.18 Å². The van der Waals surface area contributed by atoms with E-state index in [4.69, 9.17) is 0 Å². The van der Waals surface area contributed by atoms with Gasteiger partial charge in [0.05, 0.1) is 11.1 Å². The molecule has 1 amide bonds. The number of hydrogen-bond donors (Lipinski definition) is 1. The van der Waals surface area contributed by atoms with E-state index in [1.54, 1.807) is 23.7 Å². The van der Waals surface area contributed by atoms with Gasteiger partial charge in [-0.2, -0.15) is 24.9 Å². The number of anilines is 1. The van der Waals surface area contributed by atoms with E-state index in [9.17, 15) is 18.0 Å². The zero-order valence-electron chi connectivity index (χ0n) is 11.8. The number of rotatable bonds is 2. The van der Waals surface area contributed by atoms with Crippen LogP contribution in [0, 0.1) is 0 Å². The normalized spacial score (nSPS) is 19.5. The maximum Gasteiger partial charge on any atom is 0.416 e. The number of nitrogens with one attached hydrogen (secondary N) is 1. The van der Waals surface area contributed by atoms with Gasteiger partial charge in [-0.25, -0.2) is 0 Å². The van der Waals surface area contributed by atoms with Crippen LogP contribution in [0.25, 0.3) is 0 Å². The molecule has 0 bridgehead atoms. The Labute approximate surface area is 125 Å². The molecule has 1 aliphatic heterocycles. The van der Waals surface area contributed by atoms with Crippen LogP contribution in [0.3, 0.4) is 0 Å². The minimum absolute atomic E-state index is 0.0754. The van der Waals surface area contributed by atoms with Crippen LogP contribution in [0.2, 0.25) is 0 Å². The topological polar surface area (TPSA) is 32.3 Å². The van der Waals surface area contributed by atoms with Gasteiger partial charge in [-0.1, -0.05) is 6.92 Å². The molecule has 2 rings (SSSR count). The predicted molar refractivity (Wildman–Crippen MR) is 78.8 cm³/mol. The van der Waals surface area contributed by atoms with Crippen molar-refractivity contribution < 1.29 is 18.0 Å². The van der Waals surface area contributed by atoms with Gasteiger partial charge in [0.1, 0.15) is 0 Å². The van der Waals surface area contributed by atoms with Crippen LogP contribution in [0.5, 0.6) is 0 Å². The summed E-state index contributed by atoms with van der Waals surface area (Å²) in [5.41, 5.74) is -0.311. The van der Waals surface area contributed by atoms with Crippen molar-refractivity contribution in [3.63, 3.8) is 0 Å². The van der Waals surface area contributed by atoms with E-state index in [2.05, 4.69) is 5.32 Å². The van der Waals surface area contributed by atoms with Gasteiger partial charge in [-0.15, -0.1) is 0 Å². The summed E-state index contributed by atoms with van der Waals surface area (Å²) in [6.45, 7) is 3.13. The number of amides is 1. The molecule has 0 aromatic heterocycles. The van der Waals surface area contributed by atoms with Crippen molar-refractivity contribution in [1.82, 2.24) is 4.90 Å². The van der Waals surface area contributed by atoms with Crippen molar-refractivity contribution >= 4 is 23.4 Å². The van der Waals surface area contributed by atoms with Gasteiger partial charge in [-0.3, -0.25) is 4.79 Å². The van der Waals surface area contributed by atoms with Crippen LogP contribution >= 0.6 is 11.8 Å². The number of benzene rings is 1. The number of carbonyl (C=O) groups is 1. The number of halogens is 3. The first-order valence-corrected chi connectivity index (χ1v) is 7.67. The Morgan fingerprint density at radius 2 is 2.14 bits per heavy atom. The van der Waals surface area contributed by atoms with Crippen molar-refractivity contribution in [2.75, 3.05) is 31.2 Å². The summed E-state index contributed by atoms with van der Waals surface area (Å²) in [6, 6.07) is 3.22. The Kier molecular flexibility index (Phi) is 4.70. The summed E-state index contributed by atoms with van der Waals surface area (Å²) in [6.07, 6.45) is -4.45. The van der Waals surface area contributed by atoms with Gasteiger partial charge in [-0.05, 0) is 18.2 Å². The molecule has 116 valence electrons. The van der Waals surface area contributed by atoms with Gasteiger partial charge in [0.2, 0.25) is 0 Å². The minimum atomic E-state index is -4.45. The monoisotopic (exact) mass is 318 g/mol. The highest BCUT2D eigenvalue weighted by Crippen LogP contribution is 2.32. The highest BCUT2D eigenvalue weighted by atomic mass is 32.2. The third kappa shape index (κ3) is 3.64. The third-order valence-electron chi connectivity index (χ3n) is 3.37. The Morgan fingerprint density at radius 3 is 2.71 bits per heavy atom. The van der Waals surface area contributed by atoms with Crippen LogP contribution in [0.1, 0.15) is 22.8 Å². The van der Waals surface area contributed by atoms with Crippen molar-refractivity contribution in [3.05, 3.63) is 29.3 Å². The Hall–Kier alpha value is -1.37. The molecular weight excluding hydrogens is 301 g/mol. The predicted octanol–water partition coefficient (Wildman–Crippen LogP) is 3.32. The van der Waals surface area contributed by atoms with E-state index in [0.29, 0.717) is 24.0 Å². The quantitative estimate of drug-likeness (QED) is 0.908. The van der Waals surface area contributed by atoms with E-state index in [0.717, 1.165) is 17.9 Å². The molecule has 0 aliphatic carbocycles. The average Bonchev–Trinajstić information content (AvgIpc) is 2.44. The van der Waals surface area contributed by atoms with Gasteiger partial charge < -0.3 is 10.2 Å².